The van der Waals surface area contributed by atoms with Crippen LogP contribution in [0.5, 0.6) is 5.75 Å². The van der Waals surface area contributed by atoms with E-state index in [1.165, 1.54) is 5.56 Å². The van der Waals surface area contributed by atoms with Crippen molar-refractivity contribution in [3.8, 4) is 17.0 Å². The Balaban J connectivity index is 2.59. The van der Waals surface area contributed by atoms with E-state index in [0.29, 0.717) is 5.95 Å². The summed E-state index contributed by atoms with van der Waals surface area (Å²) in [5.41, 5.74) is 6.31. The number of hydrogen-bond acceptors (Lipinski definition) is 5. The van der Waals surface area contributed by atoms with Crippen LogP contribution < -0.4 is 16.0 Å². The Bertz CT molecular complexity index is 584. The minimum absolute atomic E-state index is 0.402. The average Bonchev–Trinajstić information content (AvgIpc) is 2.45. The van der Waals surface area contributed by atoms with Crippen LogP contribution >= 0.6 is 0 Å². The van der Waals surface area contributed by atoms with Crippen molar-refractivity contribution in [2.75, 3.05) is 12.5 Å². The van der Waals surface area contributed by atoms with Gasteiger partial charge in [0.2, 0.25) is 5.95 Å². The minimum Gasteiger partial charge on any atom is -0.496 e. The van der Waals surface area contributed by atoms with Gasteiger partial charge in [-0.15, -0.1) is 0 Å². The number of aromatic nitrogens is 2. The number of methoxy groups -OCH3 is 1. The second-order valence-corrected chi connectivity index (χ2v) is 4.25. The molecule has 2 aromatic rings. The zero-order chi connectivity index (χ0) is 13.8. The average molecular weight is 258 g/mol. The summed E-state index contributed by atoms with van der Waals surface area (Å²) in [4.78, 5) is 8.57. The number of nitrogens with two attached hydrogens (primary N) is 1. The van der Waals surface area contributed by atoms with E-state index < -0.39 is 0 Å². The van der Waals surface area contributed by atoms with Crippen molar-refractivity contribution in [1.82, 2.24) is 9.97 Å². The third-order valence-electron chi connectivity index (χ3n) is 2.93. The van der Waals surface area contributed by atoms with Crippen molar-refractivity contribution in [2.24, 2.45) is 5.84 Å². The molecule has 1 aromatic heterocycles. The summed E-state index contributed by atoms with van der Waals surface area (Å²) in [6.07, 6.45) is 0.961. The van der Waals surface area contributed by atoms with Gasteiger partial charge in [-0.1, -0.05) is 13.0 Å². The van der Waals surface area contributed by atoms with Gasteiger partial charge in [0.15, 0.2) is 0 Å². The number of hydrogen-bond donors (Lipinski definition) is 2. The molecular formula is C14H18N4O. The Hall–Kier alpha value is -2.14. The van der Waals surface area contributed by atoms with Crippen molar-refractivity contribution in [3.63, 3.8) is 0 Å². The topological polar surface area (TPSA) is 73.1 Å². The molecule has 0 aliphatic carbocycles. The van der Waals surface area contributed by atoms with Crippen LogP contribution in [0.1, 0.15) is 18.2 Å². The van der Waals surface area contributed by atoms with Gasteiger partial charge in [-0.25, -0.2) is 15.8 Å². The van der Waals surface area contributed by atoms with Crippen molar-refractivity contribution < 1.29 is 4.74 Å². The highest BCUT2D eigenvalue weighted by molar-refractivity contribution is 5.69. The maximum atomic E-state index is 5.40. The van der Waals surface area contributed by atoms with Gasteiger partial charge in [-0.3, -0.25) is 5.43 Å². The lowest BCUT2D eigenvalue weighted by Crippen LogP contribution is -2.11. The molecule has 3 N–H and O–H groups in total. The number of rotatable bonds is 4. The molecule has 0 fully saturated rings. The first-order valence-electron chi connectivity index (χ1n) is 6.17. The molecule has 5 heteroatoms. The number of nitrogen functional groups attached to an aromatic ring is 1. The number of benzene rings is 1. The molecule has 0 bridgehead atoms. The maximum Gasteiger partial charge on any atom is 0.237 e. The SMILES string of the molecule is CCc1ccc(OC)c(-c2cc(C)nc(NN)n2)c1. The number of nitrogens with one attached hydrogen (secondary N) is 1. The van der Waals surface area contributed by atoms with Gasteiger partial charge in [0.25, 0.3) is 0 Å². The number of nitrogens with zero attached hydrogens (tertiary/aromatic N) is 2. The highest BCUT2D eigenvalue weighted by Crippen LogP contribution is 2.30. The molecule has 5 nitrogen and oxygen atoms in total. The first kappa shape index (κ1) is 13.3. The summed E-state index contributed by atoms with van der Waals surface area (Å²) >= 11 is 0. The summed E-state index contributed by atoms with van der Waals surface area (Å²) in [5, 5.41) is 0. The fourth-order valence-corrected chi connectivity index (χ4v) is 1.95. The summed E-state index contributed by atoms with van der Waals surface area (Å²) in [5.74, 6) is 6.58. The van der Waals surface area contributed by atoms with Crippen LogP contribution in [0.2, 0.25) is 0 Å². The third-order valence-corrected chi connectivity index (χ3v) is 2.93. The van der Waals surface area contributed by atoms with E-state index >= 15 is 0 Å². The fraction of sp³-hybridized carbons (Fsp3) is 0.286. The number of ether oxygens (including phenoxy) is 1. The number of hydrazine groups is 1. The molecular weight excluding hydrogens is 240 g/mol. The molecule has 1 aromatic carbocycles. The van der Waals surface area contributed by atoms with Crippen LogP contribution in [0, 0.1) is 6.92 Å². The zero-order valence-corrected chi connectivity index (χ0v) is 11.4. The van der Waals surface area contributed by atoms with E-state index in [9.17, 15) is 0 Å². The summed E-state index contributed by atoms with van der Waals surface area (Å²) < 4.78 is 5.40. The largest absolute Gasteiger partial charge is 0.496 e. The van der Waals surface area contributed by atoms with Gasteiger partial charge < -0.3 is 4.74 Å². The van der Waals surface area contributed by atoms with Crippen LogP contribution in [0.4, 0.5) is 5.95 Å². The molecule has 2 rings (SSSR count). The Morgan fingerprint density at radius 3 is 2.68 bits per heavy atom. The predicted molar refractivity (Wildman–Crippen MR) is 75.9 cm³/mol. The lowest BCUT2D eigenvalue weighted by molar-refractivity contribution is 0.416. The molecule has 1 heterocycles. The van der Waals surface area contributed by atoms with E-state index in [4.69, 9.17) is 10.6 Å². The van der Waals surface area contributed by atoms with Crippen LogP contribution in [-0.4, -0.2) is 17.1 Å². The number of anilines is 1. The first-order valence-corrected chi connectivity index (χ1v) is 6.17. The fourth-order valence-electron chi connectivity index (χ4n) is 1.95. The predicted octanol–water partition coefficient (Wildman–Crippen LogP) is 2.31. The van der Waals surface area contributed by atoms with Crippen molar-refractivity contribution in [1.29, 1.82) is 0 Å². The zero-order valence-electron chi connectivity index (χ0n) is 11.4. The lowest BCUT2D eigenvalue weighted by atomic mass is 10.0. The Kier molecular flexibility index (Phi) is 3.97. The molecule has 0 unspecified atom stereocenters. The van der Waals surface area contributed by atoms with E-state index in [2.05, 4.69) is 34.5 Å². The van der Waals surface area contributed by atoms with E-state index in [1.807, 2.05) is 19.1 Å². The molecule has 0 saturated heterocycles. The van der Waals surface area contributed by atoms with E-state index in [0.717, 1.165) is 29.1 Å². The van der Waals surface area contributed by atoms with Crippen LogP contribution in [-0.2, 0) is 6.42 Å². The Morgan fingerprint density at radius 2 is 2.05 bits per heavy atom. The molecule has 0 aliphatic heterocycles. The normalized spacial score (nSPS) is 10.3. The van der Waals surface area contributed by atoms with Gasteiger partial charge in [0, 0.05) is 11.3 Å². The van der Waals surface area contributed by atoms with Crippen molar-refractivity contribution in [2.45, 2.75) is 20.3 Å². The van der Waals surface area contributed by atoms with Gasteiger partial charge >= 0.3 is 0 Å². The quantitative estimate of drug-likeness (QED) is 0.650. The van der Waals surface area contributed by atoms with E-state index in [-0.39, 0.29) is 0 Å². The molecule has 0 aliphatic rings. The molecule has 0 radical (unpaired) electrons. The first-order chi connectivity index (χ1) is 9.17. The molecule has 100 valence electrons. The number of aryl methyl sites for hydroxylation is 2. The molecule has 19 heavy (non-hydrogen) atoms. The van der Waals surface area contributed by atoms with E-state index in [1.54, 1.807) is 7.11 Å². The summed E-state index contributed by atoms with van der Waals surface area (Å²) in [7, 11) is 1.65. The highest BCUT2D eigenvalue weighted by Gasteiger charge is 2.10. The van der Waals surface area contributed by atoms with Gasteiger partial charge in [-0.2, -0.15) is 0 Å². The molecule has 0 spiro atoms. The summed E-state index contributed by atoms with van der Waals surface area (Å²) in [6, 6.07) is 8.01. The monoisotopic (exact) mass is 258 g/mol. The summed E-state index contributed by atoms with van der Waals surface area (Å²) in [6.45, 7) is 4.02. The van der Waals surface area contributed by atoms with Gasteiger partial charge in [-0.05, 0) is 37.1 Å². The molecule has 0 amide bonds. The smallest absolute Gasteiger partial charge is 0.237 e. The van der Waals surface area contributed by atoms with Crippen LogP contribution in [0.3, 0.4) is 0 Å². The maximum absolute atomic E-state index is 5.40. The van der Waals surface area contributed by atoms with Crippen LogP contribution in [0.15, 0.2) is 24.3 Å². The van der Waals surface area contributed by atoms with Crippen molar-refractivity contribution in [3.05, 3.63) is 35.5 Å². The lowest BCUT2D eigenvalue weighted by Gasteiger charge is -2.11. The Labute approximate surface area is 112 Å². The minimum atomic E-state index is 0.402. The standard InChI is InChI=1S/C14H18N4O/c1-4-10-5-6-13(19-3)11(8-10)12-7-9(2)16-14(17-12)18-15/h5-8H,4,15H2,1-3H3,(H,16,17,18). The van der Waals surface area contributed by atoms with Gasteiger partial charge in [0.1, 0.15) is 5.75 Å². The van der Waals surface area contributed by atoms with Crippen LogP contribution in [0.25, 0.3) is 11.3 Å². The third kappa shape index (κ3) is 2.82. The van der Waals surface area contributed by atoms with Crippen molar-refractivity contribution >= 4 is 5.95 Å². The molecule has 0 saturated carbocycles. The Morgan fingerprint density at radius 1 is 1.26 bits per heavy atom. The highest BCUT2D eigenvalue weighted by atomic mass is 16.5. The second-order valence-electron chi connectivity index (χ2n) is 4.25. The molecule has 0 atom stereocenters. The second kappa shape index (κ2) is 5.67. The van der Waals surface area contributed by atoms with Gasteiger partial charge in [0.05, 0.1) is 12.8 Å².